The van der Waals surface area contributed by atoms with Crippen molar-refractivity contribution in [2.75, 3.05) is 0 Å². The maximum Gasteiger partial charge on any atom is 0.404 e. The number of nitrogens with one attached hydrogen (secondary N) is 1. The molecule has 1 aromatic heterocycles. The molecule has 5 nitrogen and oxygen atoms in total. The van der Waals surface area contributed by atoms with E-state index in [0.717, 1.165) is 0 Å². The zero-order valence-electron chi connectivity index (χ0n) is 8.14. The predicted octanol–water partition coefficient (Wildman–Crippen LogP) is 2.04. The molecule has 0 aromatic carbocycles. The van der Waals surface area contributed by atoms with E-state index in [9.17, 15) is 4.79 Å². The molecule has 1 amide bonds. The zero-order chi connectivity index (χ0) is 12.0. The maximum atomic E-state index is 10.3. The first kappa shape index (κ1) is 12.0. The summed E-state index contributed by atoms with van der Waals surface area (Å²) in [5, 5.41) is 19.4. The van der Waals surface area contributed by atoms with Crippen LogP contribution in [0.15, 0.2) is 18.2 Å². The van der Waals surface area contributed by atoms with Crippen LogP contribution in [0.2, 0.25) is 5.15 Å². The number of nitriles is 1. The monoisotopic (exact) mass is 237 g/mol. The second-order valence-corrected chi connectivity index (χ2v) is 3.19. The summed E-state index contributed by atoms with van der Waals surface area (Å²) in [7, 11) is 0. The van der Waals surface area contributed by atoms with Crippen LogP contribution in [0.25, 0.3) is 6.08 Å². The van der Waals surface area contributed by atoms with Crippen LogP contribution in [-0.4, -0.2) is 16.2 Å². The molecule has 1 rings (SSSR count). The Bertz CT molecular complexity index is 466. The fraction of sp³-hybridized carbons (Fsp3) is 0.100. The summed E-state index contributed by atoms with van der Waals surface area (Å²) in [5.74, 6) is 0. The Kier molecular flexibility index (Phi) is 4.30. The van der Waals surface area contributed by atoms with Crippen LogP contribution in [0.1, 0.15) is 11.3 Å². The average Bonchev–Trinajstić information content (AvgIpc) is 2.24. The molecule has 1 heterocycles. The summed E-state index contributed by atoms with van der Waals surface area (Å²) in [4.78, 5) is 14.3. The van der Waals surface area contributed by atoms with Crippen LogP contribution in [0, 0.1) is 11.3 Å². The fourth-order valence-corrected chi connectivity index (χ4v) is 1.21. The first-order valence-electron chi connectivity index (χ1n) is 4.32. The predicted molar refractivity (Wildman–Crippen MR) is 58.8 cm³/mol. The van der Waals surface area contributed by atoms with Gasteiger partial charge in [0.2, 0.25) is 0 Å². The van der Waals surface area contributed by atoms with E-state index >= 15 is 0 Å². The van der Waals surface area contributed by atoms with Crippen molar-refractivity contribution in [3.63, 3.8) is 0 Å². The highest BCUT2D eigenvalue weighted by Crippen LogP contribution is 2.13. The molecule has 0 aliphatic carbocycles. The van der Waals surface area contributed by atoms with Gasteiger partial charge in [-0.1, -0.05) is 17.7 Å². The molecule has 0 atom stereocenters. The highest BCUT2D eigenvalue weighted by molar-refractivity contribution is 6.29. The Morgan fingerprint density at radius 3 is 3.06 bits per heavy atom. The molecule has 82 valence electrons. The normalized spacial score (nSPS) is 10.0. The Labute approximate surface area is 97.0 Å². The van der Waals surface area contributed by atoms with Crippen molar-refractivity contribution in [1.29, 1.82) is 5.26 Å². The minimum absolute atomic E-state index is 0.116. The first-order valence-corrected chi connectivity index (χ1v) is 4.69. The van der Waals surface area contributed by atoms with Crippen molar-refractivity contribution in [2.45, 2.75) is 6.54 Å². The molecule has 0 bridgehead atoms. The molecule has 6 heteroatoms. The Balaban J connectivity index is 2.94. The van der Waals surface area contributed by atoms with E-state index in [1.54, 1.807) is 12.1 Å². The van der Waals surface area contributed by atoms with Crippen molar-refractivity contribution in [1.82, 2.24) is 10.3 Å². The number of rotatable bonds is 3. The minimum Gasteiger partial charge on any atom is -0.465 e. The average molecular weight is 238 g/mol. The van der Waals surface area contributed by atoms with Crippen LogP contribution in [0.5, 0.6) is 0 Å². The van der Waals surface area contributed by atoms with E-state index in [1.165, 1.54) is 12.2 Å². The van der Waals surface area contributed by atoms with Gasteiger partial charge >= 0.3 is 6.09 Å². The number of aromatic nitrogens is 1. The molecule has 0 aliphatic rings. The van der Waals surface area contributed by atoms with Crippen molar-refractivity contribution in [3.8, 4) is 6.07 Å². The van der Waals surface area contributed by atoms with Gasteiger partial charge in [-0.2, -0.15) is 5.26 Å². The Morgan fingerprint density at radius 2 is 2.44 bits per heavy atom. The van der Waals surface area contributed by atoms with Crippen molar-refractivity contribution >= 4 is 23.8 Å². The number of allylic oxidation sites excluding steroid dienone is 1. The second-order valence-electron chi connectivity index (χ2n) is 2.80. The quantitative estimate of drug-likeness (QED) is 0.622. The lowest BCUT2D eigenvalue weighted by molar-refractivity contribution is 0.194. The number of nitrogens with zero attached hydrogens (tertiary/aromatic N) is 2. The zero-order valence-corrected chi connectivity index (χ0v) is 8.90. The number of amides is 1. The van der Waals surface area contributed by atoms with Crippen molar-refractivity contribution < 1.29 is 9.90 Å². The topological polar surface area (TPSA) is 86.0 Å². The van der Waals surface area contributed by atoms with Crippen LogP contribution in [0.3, 0.4) is 0 Å². The third-order valence-corrected chi connectivity index (χ3v) is 1.93. The number of pyridine rings is 1. The lowest BCUT2D eigenvalue weighted by Gasteiger charge is -2.05. The summed E-state index contributed by atoms with van der Waals surface area (Å²) in [6.45, 7) is 0.116. The summed E-state index contributed by atoms with van der Waals surface area (Å²) in [5.41, 5.74) is 1.13. The molecule has 0 saturated carbocycles. The molecule has 0 aliphatic heterocycles. The van der Waals surface area contributed by atoms with E-state index in [4.69, 9.17) is 22.0 Å². The molecule has 1 aromatic rings. The molecule has 16 heavy (non-hydrogen) atoms. The lowest BCUT2D eigenvalue weighted by Crippen LogP contribution is -2.20. The van der Waals surface area contributed by atoms with E-state index in [0.29, 0.717) is 11.3 Å². The molecule has 0 unspecified atom stereocenters. The van der Waals surface area contributed by atoms with E-state index in [-0.39, 0.29) is 11.7 Å². The van der Waals surface area contributed by atoms with Crippen LogP contribution >= 0.6 is 11.6 Å². The number of carboxylic acid groups (broad SMARTS) is 1. The first-order chi connectivity index (χ1) is 7.63. The number of hydrogen-bond acceptors (Lipinski definition) is 3. The number of hydrogen-bond donors (Lipinski definition) is 2. The Hall–Kier alpha value is -2.06. The molecule has 0 spiro atoms. The van der Waals surface area contributed by atoms with Gasteiger partial charge in [0.25, 0.3) is 0 Å². The number of carbonyl (C=O) groups is 1. The molecule has 0 saturated heterocycles. The van der Waals surface area contributed by atoms with Crippen LogP contribution in [-0.2, 0) is 6.54 Å². The fourth-order valence-electron chi connectivity index (χ4n) is 1.06. The largest absolute Gasteiger partial charge is 0.465 e. The SMILES string of the molecule is N#CC=Cc1nc(Cl)ccc1CNC(=O)O. The van der Waals surface area contributed by atoms with Gasteiger partial charge in [0, 0.05) is 12.6 Å². The molecular formula is C10H8ClN3O2. The maximum absolute atomic E-state index is 10.3. The highest BCUT2D eigenvalue weighted by Gasteiger charge is 2.03. The second kappa shape index (κ2) is 5.73. The third-order valence-electron chi connectivity index (χ3n) is 1.72. The lowest BCUT2D eigenvalue weighted by atomic mass is 10.2. The van der Waals surface area contributed by atoms with Crippen molar-refractivity contribution in [3.05, 3.63) is 34.6 Å². The Morgan fingerprint density at radius 1 is 1.69 bits per heavy atom. The van der Waals surface area contributed by atoms with Gasteiger partial charge in [0.1, 0.15) is 5.15 Å². The van der Waals surface area contributed by atoms with E-state index < -0.39 is 6.09 Å². The molecule has 0 fully saturated rings. The van der Waals surface area contributed by atoms with Gasteiger partial charge in [-0.3, -0.25) is 0 Å². The van der Waals surface area contributed by atoms with Gasteiger partial charge in [-0.05, 0) is 17.7 Å². The standard InChI is InChI=1S/C10H8ClN3O2/c11-9-4-3-7(6-13-10(15)16)8(14-9)2-1-5-12/h1-4,13H,6H2,(H,15,16). The molecule has 0 radical (unpaired) electrons. The highest BCUT2D eigenvalue weighted by atomic mass is 35.5. The van der Waals surface area contributed by atoms with Gasteiger partial charge in [-0.25, -0.2) is 9.78 Å². The van der Waals surface area contributed by atoms with Crippen LogP contribution < -0.4 is 5.32 Å². The molecular weight excluding hydrogens is 230 g/mol. The molecule has 2 N–H and O–H groups in total. The summed E-state index contributed by atoms with van der Waals surface area (Å²) < 4.78 is 0. The smallest absolute Gasteiger partial charge is 0.404 e. The van der Waals surface area contributed by atoms with Crippen LogP contribution in [0.4, 0.5) is 4.79 Å². The minimum atomic E-state index is -1.12. The summed E-state index contributed by atoms with van der Waals surface area (Å²) in [6.07, 6.45) is 1.61. The van der Waals surface area contributed by atoms with Gasteiger partial charge < -0.3 is 10.4 Å². The number of halogens is 1. The van der Waals surface area contributed by atoms with Crippen molar-refractivity contribution in [2.24, 2.45) is 0 Å². The summed E-state index contributed by atoms with van der Waals surface area (Å²) in [6, 6.07) is 5.04. The van der Waals surface area contributed by atoms with Gasteiger partial charge in [0.15, 0.2) is 0 Å². The van der Waals surface area contributed by atoms with E-state index in [1.807, 2.05) is 6.07 Å². The summed E-state index contributed by atoms with van der Waals surface area (Å²) >= 11 is 5.69. The van der Waals surface area contributed by atoms with Gasteiger partial charge in [0.05, 0.1) is 11.8 Å². The van der Waals surface area contributed by atoms with Gasteiger partial charge in [-0.15, -0.1) is 0 Å². The third kappa shape index (κ3) is 3.59. The van der Waals surface area contributed by atoms with E-state index in [2.05, 4.69) is 10.3 Å².